The summed E-state index contributed by atoms with van der Waals surface area (Å²) in [4.78, 5) is 12.4. The summed E-state index contributed by atoms with van der Waals surface area (Å²) in [6.07, 6.45) is -4.90. The van der Waals surface area contributed by atoms with Crippen LogP contribution in [0.3, 0.4) is 0 Å². The van der Waals surface area contributed by atoms with Crippen molar-refractivity contribution in [2.75, 3.05) is 11.4 Å². The van der Waals surface area contributed by atoms with E-state index in [0.29, 0.717) is 6.07 Å². The van der Waals surface area contributed by atoms with Gasteiger partial charge in [0.05, 0.1) is 11.1 Å². The molecule has 2 rings (SSSR count). The van der Waals surface area contributed by atoms with E-state index < -0.39 is 34.5 Å². The molecule has 1 fully saturated rings. The average molecular weight is 282 g/mol. The SMILES string of the molecule is O=C1CC(Cl)CN1c1cccc(F)c1C(F)(F)F. The Bertz CT molecular complexity index is 488. The first kappa shape index (κ1) is 13.1. The molecule has 18 heavy (non-hydrogen) atoms. The minimum atomic E-state index is -4.86. The molecule has 7 heteroatoms. The summed E-state index contributed by atoms with van der Waals surface area (Å²) in [6.45, 7) is -0.0487. The zero-order chi connectivity index (χ0) is 13.5. The van der Waals surface area contributed by atoms with Crippen molar-refractivity contribution >= 4 is 23.2 Å². The number of carbonyl (C=O) groups is 1. The first-order chi connectivity index (χ1) is 8.30. The second-order valence-corrected chi connectivity index (χ2v) is 4.55. The molecule has 0 radical (unpaired) electrons. The lowest BCUT2D eigenvalue weighted by atomic mass is 10.1. The molecule has 0 aromatic heterocycles. The van der Waals surface area contributed by atoms with Crippen LogP contribution in [0.1, 0.15) is 12.0 Å². The van der Waals surface area contributed by atoms with Gasteiger partial charge in [0.25, 0.3) is 0 Å². The van der Waals surface area contributed by atoms with Gasteiger partial charge in [0.15, 0.2) is 0 Å². The topological polar surface area (TPSA) is 20.3 Å². The second-order valence-electron chi connectivity index (χ2n) is 3.94. The van der Waals surface area contributed by atoms with Crippen molar-refractivity contribution in [1.29, 1.82) is 0 Å². The van der Waals surface area contributed by atoms with Crippen LogP contribution in [0.15, 0.2) is 18.2 Å². The van der Waals surface area contributed by atoms with E-state index in [0.717, 1.165) is 17.0 Å². The molecule has 0 spiro atoms. The van der Waals surface area contributed by atoms with Crippen molar-refractivity contribution in [3.63, 3.8) is 0 Å². The maximum atomic E-state index is 13.3. The van der Waals surface area contributed by atoms with E-state index in [1.165, 1.54) is 0 Å². The molecule has 1 aromatic rings. The number of rotatable bonds is 1. The van der Waals surface area contributed by atoms with E-state index >= 15 is 0 Å². The molecular formula is C11H8ClF4NO. The minimum absolute atomic E-state index is 0.0463. The molecule has 1 aliphatic rings. The molecule has 1 saturated heterocycles. The van der Waals surface area contributed by atoms with Crippen LogP contribution in [-0.4, -0.2) is 17.8 Å². The van der Waals surface area contributed by atoms with E-state index in [9.17, 15) is 22.4 Å². The second kappa shape index (κ2) is 4.42. The van der Waals surface area contributed by atoms with Crippen molar-refractivity contribution in [3.8, 4) is 0 Å². The highest BCUT2D eigenvalue weighted by Crippen LogP contribution is 2.39. The summed E-state index contributed by atoms with van der Waals surface area (Å²) in [6, 6.07) is 2.92. The third-order valence-corrected chi connectivity index (χ3v) is 2.94. The summed E-state index contributed by atoms with van der Waals surface area (Å²) >= 11 is 5.72. The molecular weight excluding hydrogens is 274 g/mol. The molecule has 2 nitrogen and oxygen atoms in total. The summed E-state index contributed by atoms with van der Waals surface area (Å²) < 4.78 is 51.7. The zero-order valence-electron chi connectivity index (χ0n) is 8.97. The Morgan fingerprint density at radius 2 is 2.00 bits per heavy atom. The first-order valence-corrected chi connectivity index (χ1v) is 5.54. The van der Waals surface area contributed by atoms with Crippen molar-refractivity contribution in [1.82, 2.24) is 0 Å². The summed E-state index contributed by atoms with van der Waals surface area (Å²) in [5.41, 5.74) is -1.90. The van der Waals surface area contributed by atoms with E-state index in [2.05, 4.69) is 0 Å². The Kier molecular flexibility index (Phi) is 3.23. The Hall–Kier alpha value is -1.30. The van der Waals surface area contributed by atoms with Gasteiger partial charge in [0.1, 0.15) is 11.4 Å². The third kappa shape index (κ3) is 2.29. The number of alkyl halides is 4. The fourth-order valence-electron chi connectivity index (χ4n) is 1.92. The Balaban J connectivity index is 2.52. The van der Waals surface area contributed by atoms with Crippen LogP contribution in [0.4, 0.5) is 23.2 Å². The highest BCUT2D eigenvalue weighted by atomic mass is 35.5. The number of anilines is 1. The van der Waals surface area contributed by atoms with Gasteiger partial charge in [-0.15, -0.1) is 11.6 Å². The monoisotopic (exact) mass is 281 g/mol. The summed E-state index contributed by atoms with van der Waals surface area (Å²) in [5.74, 6) is -1.93. The number of hydrogen-bond acceptors (Lipinski definition) is 1. The largest absolute Gasteiger partial charge is 0.421 e. The predicted octanol–water partition coefficient (Wildman–Crippen LogP) is 3.19. The average Bonchev–Trinajstić information content (AvgIpc) is 2.55. The van der Waals surface area contributed by atoms with E-state index in [1.54, 1.807) is 0 Å². The predicted molar refractivity (Wildman–Crippen MR) is 58.0 cm³/mol. The Labute approximate surface area is 105 Å². The van der Waals surface area contributed by atoms with Crippen LogP contribution in [0.25, 0.3) is 0 Å². The fourth-order valence-corrected chi connectivity index (χ4v) is 2.19. The Morgan fingerprint density at radius 1 is 1.33 bits per heavy atom. The third-order valence-electron chi connectivity index (χ3n) is 2.64. The summed E-state index contributed by atoms with van der Waals surface area (Å²) in [7, 11) is 0. The Morgan fingerprint density at radius 3 is 2.50 bits per heavy atom. The molecule has 1 unspecified atom stereocenters. The van der Waals surface area contributed by atoms with E-state index in [1.807, 2.05) is 0 Å². The van der Waals surface area contributed by atoms with Gasteiger partial charge in [-0.3, -0.25) is 4.79 Å². The number of carbonyl (C=O) groups excluding carboxylic acids is 1. The van der Waals surface area contributed by atoms with Gasteiger partial charge in [0.2, 0.25) is 5.91 Å². The highest BCUT2D eigenvalue weighted by Gasteiger charge is 2.41. The molecule has 0 N–H and O–H groups in total. The number of halogens is 5. The van der Waals surface area contributed by atoms with Crippen molar-refractivity contribution in [2.45, 2.75) is 18.0 Å². The lowest BCUT2D eigenvalue weighted by Gasteiger charge is -2.21. The molecule has 1 aromatic carbocycles. The van der Waals surface area contributed by atoms with Gasteiger partial charge >= 0.3 is 6.18 Å². The number of benzene rings is 1. The van der Waals surface area contributed by atoms with Crippen molar-refractivity contribution in [3.05, 3.63) is 29.6 Å². The lowest BCUT2D eigenvalue weighted by molar-refractivity contribution is -0.139. The first-order valence-electron chi connectivity index (χ1n) is 5.11. The number of amides is 1. The van der Waals surface area contributed by atoms with Crippen LogP contribution in [0.5, 0.6) is 0 Å². The van der Waals surface area contributed by atoms with E-state index in [-0.39, 0.29) is 13.0 Å². The maximum Gasteiger partial charge on any atom is 0.421 e. The molecule has 0 aliphatic carbocycles. The molecule has 1 heterocycles. The van der Waals surface area contributed by atoms with Gasteiger partial charge in [-0.1, -0.05) is 6.07 Å². The van der Waals surface area contributed by atoms with Crippen LogP contribution in [-0.2, 0) is 11.0 Å². The van der Waals surface area contributed by atoms with Crippen molar-refractivity contribution in [2.24, 2.45) is 0 Å². The molecule has 1 atom stereocenters. The molecule has 1 aliphatic heterocycles. The normalized spacial score (nSPS) is 20.6. The van der Waals surface area contributed by atoms with Crippen LogP contribution in [0.2, 0.25) is 0 Å². The molecule has 0 bridgehead atoms. The highest BCUT2D eigenvalue weighted by molar-refractivity contribution is 6.24. The smallest absolute Gasteiger partial charge is 0.310 e. The standard InChI is InChI=1S/C11H8ClF4NO/c12-6-4-9(18)17(5-6)8-3-1-2-7(13)10(8)11(14,15)16/h1-3,6H,4-5H2. The molecule has 0 saturated carbocycles. The zero-order valence-corrected chi connectivity index (χ0v) is 9.72. The van der Waals surface area contributed by atoms with Gasteiger partial charge in [-0.05, 0) is 12.1 Å². The fraction of sp³-hybridized carbons (Fsp3) is 0.364. The van der Waals surface area contributed by atoms with Crippen LogP contribution >= 0.6 is 11.6 Å². The van der Waals surface area contributed by atoms with Crippen molar-refractivity contribution < 1.29 is 22.4 Å². The maximum absolute atomic E-state index is 13.3. The van der Waals surface area contributed by atoms with Crippen LogP contribution in [0, 0.1) is 5.82 Å². The van der Waals surface area contributed by atoms with Gasteiger partial charge in [0, 0.05) is 13.0 Å². The van der Waals surface area contributed by atoms with E-state index in [4.69, 9.17) is 11.6 Å². The number of nitrogens with zero attached hydrogens (tertiary/aromatic N) is 1. The number of hydrogen-bond donors (Lipinski definition) is 0. The molecule has 1 amide bonds. The molecule has 98 valence electrons. The van der Waals surface area contributed by atoms with Gasteiger partial charge < -0.3 is 4.90 Å². The van der Waals surface area contributed by atoms with Gasteiger partial charge in [-0.25, -0.2) is 4.39 Å². The lowest BCUT2D eigenvalue weighted by Crippen LogP contribution is -2.28. The van der Waals surface area contributed by atoms with Gasteiger partial charge in [-0.2, -0.15) is 13.2 Å². The minimum Gasteiger partial charge on any atom is -0.310 e. The quantitative estimate of drug-likeness (QED) is 0.572. The van der Waals surface area contributed by atoms with Crippen LogP contribution < -0.4 is 4.90 Å². The summed E-state index contributed by atoms with van der Waals surface area (Å²) in [5, 5.41) is -0.554.